The summed E-state index contributed by atoms with van der Waals surface area (Å²) in [6, 6.07) is 5.28. The third kappa shape index (κ3) is 5.75. The van der Waals surface area contributed by atoms with Gasteiger partial charge in [0.05, 0.1) is 31.9 Å². The number of para-hydroxylation sites is 1. The molecule has 0 aliphatic heterocycles. The van der Waals surface area contributed by atoms with E-state index in [1.807, 2.05) is 14.1 Å². The van der Waals surface area contributed by atoms with Gasteiger partial charge in [-0.3, -0.25) is 0 Å². The molecule has 0 radical (unpaired) electrons. The molecule has 0 aliphatic carbocycles. The summed E-state index contributed by atoms with van der Waals surface area (Å²) in [5, 5.41) is 5.71. The molecule has 3 N–H and O–H groups in total. The molecule has 0 heterocycles. The number of hydrogen-bond donors (Lipinski definition) is 3. The molecule has 7 heteroatoms. The number of benzene rings is 1. The predicted octanol–water partition coefficient (Wildman–Crippen LogP) is 1.53. The molecule has 0 unspecified atom stereocenters. The monoisotopic (exact) mass is 306 g/mol. The van der Waals surface area contributed by atoms with E-state index in [-0.39, 0.29) is 10.8 Å². The molecular formula is C13H19F3N3S+. The zero-order valence-corrected chi connectivity index (χ0v) is 12.3. The molecule has 0 saturated heterocycles. The van der Waals surface area contributed by atoms with Crippen molar-refractivity contribution in [2.24, 2.45) is 0 Å². The Morgan fingerprint density at radius 3 is 2.50 bits per heavy atom. The SMILES string of the molecule is C[NH+](C)CCCNC(=S)Nc1ccccc1C(F)(F)F. The Morgan fingerprint density at radius 1 is 1.25 bits per heavy atom. The van der Waals surface area contributed by atoms with Gasteiger partial charge in [-0.2, -0.15) is 13.2 Å². The molecule has 0 aromatic heterocycles. The molecule has 0 aliphatic rings. The van der Waals surface area contributed by atoms with Gasteiger partial charge in [0, 0.05) is 13.0 Å². The van der Waals surface area contributed by atoms with Gasteiger partial charge in [-0.1, -0.05) is 12.1 Å². The minimum atomic E-state index is -4.40. The molecule has 0 bridgehead atoms. The molecule has 1 rings (SSSR count). The van der Waals surface area contributed by atoms with E-state index in [9.17, 15) is 13.2 Å². The highest BCUT2D eigenvalue weighted by Crippen LogP contribution is 2.34. The number of halogens is 3. The first kappa shape index (κ1) is 16.7. The van der Waals surface area contributed by atoms with Crippen LogP contribution in [0.25, 0.3) is 0 Å². The van der Waals surface area contributed by atoms with Crippen LogP contribution in [0.3, 0.4) is 0 Å². The van der Waals surface area contributed by atoms with Crippen molar-refractivity contribution >= 4 is 23.0 Å². The molecular weight excluding hydrogens is 287 g/mol. The van der Waals surface area contributed by atoms with Gasteiger partial charge < -0.3 is 15.5 Å². The summed E-state index contributed by atoms with van der Waals surface area (Å²) in [7, 11) is 4.08. The quantitative estimate of drug-likeness (QED) is 0.569. The molecule has 1 aromatic carbocycles. The van der Waals surface area contributed by atoms with E-state index in [2.05, 4.69) is 10.6 Å². The van der Waals surface area contributed by atoms with E-state index in [1.165, 1.54) is 23.1 Å². The number of quaternary nitrogens is 1. The first-order valence-electron chi connectivity index (χ1n) is 6.31. The van der Waals surface area contributed by atoms with Crippen molar-refractivity contribution in [1.29, 1.82) is 0 Å². The summed E-state index contributed by atoms with van der Waals surface area (Å²) in [6.45, 7) is 1.60. The number of hydrogen-bond acceptors (Lipinski definition) is 1. The van der Waals surface area contributed by atoms with Gasteiger partial charge in [-0.15, -0.1) is 0 Å². The zero-order valence-electron chi connectivity index (χ0n) is 11.5. The minimum Gasteiger partial charge on any atom is -0.362 e. The molecule has 20 heavy (non-hydrogen) atoms. The largest absolute Gasteiger partial charge is 0.418 e. The topological polar surface area (TPSA) is 28.5 Å². The van der Waals surface area contributed by atoms with E-state index in [4.69, 9.17) is 12.2 Å². The molecule has 0 spiro atoms. The zero-order chi connectivity index (χ0) is 15.2. The third-order valence-electron chi connectivity index (χ3n) is 2.62. The first-order chi connectivity index (χ1) is 9.30. The van der Waals surface area contributed by atoms with Gasteiger partial charge in [0.2, 0.25) is 0 Å². The Morgan fingerprint density at radius 2 is 1.90 bits per heavy atom. The maximum Gasteiger partial charge on any atom is 0.418 e. The normalized spacial score (nSPS) is 11.5. The molecule has 0 saturated carbocycles. The van der Waals surface area contributed by atoms with E-state index in [1.54, 1.807) is 0 Å². The van der Waals surface area contributed by atoms with Gasteiger partial charge in [0.15, 0.2) is 5.11 Å². The second kappa shape index (κ2) is 7.44. The van der Waals surface area contributed by atoms with Crippen LogP contribution in [0.2, 0.25) is 0 Å². The van der Waals surface area contributed by atoms with Crippen LogP contribution in [0.1, 0.15) is 12.0 Å². The van der Waals surface area contributed by atoms with Gasteiger partial charge in [0.1, 0.15) is 0 Å². The Kier molecular flexibility index (Phi) is 6.22. The van der Waals surface area contributed by atoms with Crippen molar-refractivity contribution in [1.82, 2.24) is 5.32 Å². The van der Waals surface area contributed by atoms with Crippen LogP contribution in [0.15, 0.2) is 24.3 Å². The van der Waals surface area contributed by atoms with Gasteiger partial charge >= 0.3 is 6.18 Å². The smallest absolute Gasteiger partial charge is 0.362 e. The van der Waals surface area contributed by atoms with Gasteiger partial charge in [-0.05, 0) is 24.4 Å². The molecule has 0 fully saturated rings. The molecule has 3 nitrogen and oxygen atoms in total. The van der Waals surface area contributed by atoms with Crippen LogP contribution >= 0.6 is 12.2 Å². The number of thiocarbonyl (C=S) groups is 1. The highest BCUT2D eigenvalue weighted by molar-refractivity contribution is 7.80. The third-order valence-corrected chi connectivity index (χ3v) is 2.87. The summed E-state index contributed by atoms with van der Waals surface area (Å²) >= 11 is 5.00. The predicted molar refractivity (Wildman–Crippen MR) is 78.0 cm³/mol. The number of nitrogens with one attached hydrogen (secondary N) is 3. The van der Waals surface area contributed by atoms with Crippen molar-refractivity contribution in [3.63, 3.8) is 0 Å². The Labute approximate surface area is 122 Å². The van der Waals surface area contributed by atoms with Crippen molar-refractivity contribution in [2.45, 2.75) is 12.6 Å². The number of rotatable bonds is 5. The highest BCUT2D eigenvalue weighted by atomic mass is 32.1. The van der Waals surface area contributed by atoms with Crippen LogP contribution in [0, 0.1) is 0 Å². The van der Waals surface area contributed by atoms with Gasteiger partial charge in [-0.25, -0.2) is 0 Å². The molecule has 112 valence electrons. The van der Waals surface area contributed by atoms with E-state index >= 15 is 0 Å². The second-order valence-electron chi connectivity index (χ2n) is 4.73. The van der Waals surface area contributed by atoms with E-state index < -0.39 is 11.7 Å². The Bertz CT molecular complexity index is 447. The summed E-state index contributed by atoms with van der Waals surface area (Å²) in [6.07, 6.45) is -3.50. The van der Waals surface area contributed by atoms with Crippen LogP contribution < -0.4 is 15.5 Å². The highest BCUT2D eigenvalue weighted by Gasteiger charge is 2.33. The molecule has 0 atom stereocenters. The first-order valence-corrected chi connectivity index (χ1v) is 6.71. The lowest BCUT2D eigenvalue weighted by molar-refractivity contribution is -0.858. The van der Waals surface area contributed by atoms with Crippen molar-refractivity contribution in [2.75, 3.05) is 32.5 Å². The fourth-order valence-corrected chi connectivity index (χ4v) is 1.86. The van der Waals surface area contributed by atoms with Gasteiger partial charge in [0.25, 0.3) is 0 Å². The van der Waals surface area contributed by atoms with Crippen LogP contribution in [-0.4, -0.2) is 32.3 Å². The van der Waals surface area contributed by atoms with Crippen LogP contribution in [0.5, 0.6) is 0 Å². The van der Waals surface area contributed by atoms with Crippen molar-refractivity contribution in [3.05, 3.63) is 29.8 Å². The van der Waals surface area contributed by atoms with E-state index in [0.717, 1.165) is 19.0 Å². The lowest BCUT2D eigenvalue weighted by atomic mass is 10.1. The van der Waals surface area contributed by atoms with Crippen LogP contribution in [-0.2, 0) is 6.18 Å². The fraction of sp³-hybridized carbons (Fsp3) is 0.462. The van der Waals surface area contributed by atoms with E-state index in [0.29, 0.717) is 6.54 Å². The second-order valence-corrected chi connectivity index (χ2v) is 5.14. The fourth-order valence-electron chi connectivity index (χ4n) is 1.65. The number of anilines is 1. The Hall–Kier alpha value is -1.34. The van der Waals surface area contributed by atoms with Crippen molar-refractivity contribution < 1.29 is 18.1 Å². The van der Waals surface area contributed by atoms with Crippen molar-refractivity contribution in [3.8, 4) is 0 Å². The lowest BCUT2D eigenvalue weighted by Crippen LogP contribution is -3.05. The minimum absolute atomic E-state index is 0.0317. The Balaban J connectivity index is 2.54. The summed E-state index contributed by atoms with van der Waals surface area (Å²) in [4.78, 5) is 1.31. The summed E-state index contributed by atoms with van der Waals surface area (Å²) < 4.78 is 38.4. The standard InChI is InChI=1S/C13H18F3N3S/c1-19(2)9-5-8-17-12(20)18-11-7-4-3-6-10(11)13(14,15)16/h3-4,6-7H,5,8-9H2,1-2H3,(H2,17,18,20)/p+1. The molecule has 1 aromatic rings. The summed E-state index contributed by atoms with van der Waals surface area (Å²) in [5.74, 6) is 0. The number of alkyl halides is 3. The summed E-state index contributed by atoms with van der Waals surface area (Å²) in [5.41, 5.74) is -0.752. The maximum atomic E-state index is 12.8. The average Bonchev–Trinajstić information content (AvgIpc) is 2.34. The molecule has 0 amide bonds. The maximum absolute atomic E-state index is 12.8. The van der Waals surface area contributed by atoms with Crippen LogP contribution in [0.4, 0.5) is 18.9 Å². The lowest BCUT2D eigenvalue weighted by Gasteiger charge is -2.16. The average molecular weight is 306 g/mol.